The quantitative estimate of drug-likeness (QED) is 0.617. The van der Waals surface area contributed by atoms with E-state index in [9.17, 15) is 0 Å². The highest BCUT2D eigenvalue weighted by molar-refractivity contribution is 4.83. The molecule has 1 unspecified atom stereocenters. The third-order valence-electron chi connectivity index (χ3n) is 2.07. The Kier molecular flexibility index (Phi) is 2.65. The molecule has 0 aromatic rings. The normalized spacial score (nSPS) is 33.0. The number of aliphatic hydroxyl groups excluding tert-OH is 1. The van der Waals surface area contributed by atoms with E-state index in [1.54, 1.807) is 7.11 Å². The molecule has 1 aliphatic rings. The fourth-order valence-corrected chi connectivity index (χ4v) is 1.25. The van der Waals surface area contributed by atoms with Gasteiger partial charge in [-0.1, -0.05) is 0 Å². The van der Waals surface area contributed by atoms with Gasteiger partial charge in [0.1, 0.15) is 0 Å². The maximum Gasteiger partial charge on any atom is 0.0954 e. The van der Waals surface area contributed by atoms with Crippen molar-refractivity contribution in [2.75, 3.05) is 26.9 Å². The number of ether oxygens (including phenoxy) is 2. The van der Waals surface area contributed by atoms with Crippen molar-refractivity contribution in [3.63, 3.8) is 0 Å². The van der Waals surface area contributed by atoms with E-state index in [-0.39, 0.29) is 12.2 Å². The molecule has 1 heterocycles. The van der Waals surface area contributed by atoms with E-state index >= 15 is 0 Å². The van der Waals surface area contributed by atoms with Gasteiger partial charge in [0.15, 0.2) is 0 Å². The molecule has 1 rings (SSSR count). The molecule has 0 aliphatic carbocycles. The second kappa shape index (κ2) is 3.32. The second-order valence-electron chi connectivity index (χ2n) is 2.66. The first-order valence-corrected chi connectivity index (χ1v) is 3.57. The molecule has 1 aliphatic heterocycles. The van der Waals surface area contributed by atoms with Crippen LogP contribution in [0.3, 0.4) is 0 Å². The van der Waals surface area contributed by atoms with Gasteiger partial charge >= 0.3 is 0 Å². The Morgan fingerprint density at radius 3 is 2.90 bits per heavy atom. The van der Waals surface area contributed by atoms with E-state index < -0.39 is 0 Å². The van der Waals surface area contributed by atoms with Gasteiger partial charge in [-0.15, -0.1) is 0 Å². The lowest BCUT2D eigenvalue weighted by molar-refractivity contribution is -0.0328. The molecule has 1 atom stereocenters. The summed E-state index contributed by atoms with van der Waals surface area (Å²) >= 11 is 0. The lowest BCUT2D eigenvalue weighted by Gasteiger charge is -2.24. The molecule has 0 aromatic heterocycles. The topological polar surface area (TPSA) is 38.7 Å². The van der Waals surface area contributed by atoms with E-state index in [4.69, 9.17) is 14.6 Å². The van der Waals surface area contributed by atoms with Gasteiger partial charge in [0.05, 0.1) is 12.2 Å². The summed E-state index contributed by atoms with van der Waals surface area (Å²) in [5.74, 6) is 0. The third-order valence-corrected chi connectivity index (χ3v) is 2.07. The first-order chi connectivity index (χ1) is 4.83. The minimum Gasteiger partial charge on any atom is -0.396 e. The predicted octanol–water partition coefficient (Wildman–Crippen LogP) is 0.174. The van der Waals surface area contributed by atoms with Gasteiger partial charge in [-0.05, 0) is 0 Å². The Hall–Kier alpha value is -0.120. The highest BCUT2D eigenvalue weighted by atomic mass is 16.5. The Labute approximate surface area is 60.9 Å². The Morgan fingerprint density at radius 1 is 1.70 bits per heavy atom. The molecule has 3 heteroatoms. The van der Waals surface area contributed by atoms with Crippen molar-refractivity contribution in [2.45, 2.75) is 18.4 Å². The molecule has 1 fully saturated rings. The summed E-state index contributed by atoms with van der Waals surface area (Å²) in [7, 11) is 1.67. The molecule has 0 spiro atoms. The molecular weight excluding hydrogens is 132 g/mol. The number of hydrogen-bond donors (Lipinski definition) is 1. The molecule has 1 saturated heterocycles. The molecule has 1 N–H and O–H groups in total. The van der Waals surface area contributed by atoms with E-state index in [1.807, 2.05) is 0 Å². The van der Waals surface area contributed by atoms with Crippen LogP contribution in [0.2, 0.25) is 0 Å². The highest BCUT2D eigenvalue weighted by Gasteiger charge is 2.33. The lowest BCUT2D eigenvalue weighted by atomic mass is 9.99. The first-order valence-electron chi connectivity index (χ1n) is 3.57. The molecule has 3 nitrogen and oxygen atoms in total. The predicted molar refractivity (Wildman–Crippen MR) is 36.9 cm³/mol. The van der Waals surface area contributed by atoms with Gasteiger partial charge in [-0.25, -0.2) is 0 Å². The molecule has 0 radical (unpaired) electrons. The van der Waals surface area contributed by atoms with E-state index in [0.717, 1.165) is 13.0 Å². The van der Waals surface area contributed by atoms with Crippen molar-refractivity contribution in [1.29, 1.82) is 0 Å². The van der Waals surface area contributed by atoms with Gasteiger partial charge in [-0.3, -0.25) is 0 Å². The van der Waals surface area contributed by atoms with Crippen molar-refractivity contribution >= 4 is 0 Å². The van der Waals surface area contributed by atoms with E-state index in [0.29, 0.717) is 13.0 Å². The van der Waals surface area contributed by atoms with Crippen molar-refractivity contribution < 1.29 is 14.6 Å². The SMILES string of the molecule is COC1(CCO)CCOC1. The summed E-state index contributed by atoms with van der Waals surface area (Å²) in [5, 5.41) is 8.69. The minimum absolute atomic E-state index is 0.178. The summed E-state index contributed by atoms with van der Waals surface area (Å²) in [6.45, 7) is 1.56. The summed E-state index contributed by atoms with van der Waals surface area (Å²) in [6, 6.07) is 0. The number of hydrogen-bond acceptors (Lipinski definition) is 3. The summed E-state index contributed by atoms with van der Waals surface area (Å²) in [5.41, 5.74) is -0.186. The molecule has 0 saturated carbocycles. The maximum absolute atomic E-state index is 8.69. The summed E-state index contributed by atoms with van der Waals surface area (Å²) < 4.78 is 10.4. The van der Waals surface area contributed by atoms with Crippen LogP contribution < -0.4 is 0 Å². The van der Waals surface area contributed by atoms with Crippen LogP contribution in [-0.4, -0.2) is 37.6 Å². The fourth-order valence-electron chi connectivity index (χ4n) is 1.25. The molecule has 0 aromatic carbocycles. The van der Waals surface area contributed by atoms with Crippen LogP contribution in [0, 0.1) is 0 Å². The fraction of sp³-hybridized carbons (Fsp3) is 1.00. The van der Waals surface area contributed by atoms with Gasteiger partial charge in [0.25, 0.3) is 0 Å². The third kappa shape index (κ3) is 1.48. The van der Waals surface area contributed by atoms with E-state index in [2.05, 4.69) is 0 Å². The van der Waals surface area contributed by atoms with Crippen molar-refractivity contribution in [1.82, 2.24) is 0 Å². The highest BCUT2D eigenvalue weighted by Crippen LogP contribution is 2.25. The van der Waals surface area contributed by atoms with Crippen LogP contribution in [0.15, 0.2) is 0 Å². The molecule has 10 heavy (non-hydrogen) atoms. The van der Waals surface area contributed by atoms with E-state index in [1.165, 1.54) is 0 Å². The van der Waals surface area contributed by atoms with Crippen molar-refractivity contribution in [3.05, 3.63) is 0 Å². The average molecular weight is 146 g/mol. The van der Waals surface area contributed by atoms with Gasteiger partial charge < -0.3 is 14.6 Å². The standard InChI is InChI=1S/C7H14O3/c1-9-7(2-4-8)3-5-10-6-7/h8H,2-6H2,1H3. The Balaban J connectivity index is 2.41. The summed E-state index contributed by atoms with van der Waals surface area (Å²) in [6.07, 6.45) is 1.59. The van der Waals surface area contributed by atoms with Crippen LogP contribution in [0.1, 0.15) is 12.8 Å². The van der Waals surface area contributed by atoms with Crippen LogP contribution in [0.4, 0.5) is 0 Å². The Bertz CT molecular complexity index is 97.0. The molecule has 0 amide bonds. The zero-order valence-electron chi connectivity index (χ0n) is 6.30. The number of aliphatic hydroxyl groups is 1. The van der Waals surface area contributed by atoms with Crippen LogP contribution in [0.25, 0.3) is 0 Å². The molecule has 0 bridgehead atoms. The number of rotatable bonds is 3. The summed E-state index contributed by atoms with van der Waals surface area (Å²) in [4.78, 5) is 0. The average Bonchev–Trinajstić information content (AvgIpc) is 2.39. The number of methoxy groups -OCH3 is 1. The maximum atomic E-state index is 8.69. The second-order valence-corrected chi connectivity index (χ2v) is 2.66. The lowest BCUT2D eigenvalue weighted by Crippen LogP contribution is -2.32. The van der Waals surface area contributed by atoms with Gasteiger partial charge in [-0.2, -0.15) is 0 Å². The minimum atomic E-state index is -0.186. The largest absolute Gasteiger partial charge is 0.396 e. The molecular formula is C7H14O3. The van der Waals surface area contributed by atoms with Crippen molar-refractivity contribution in [3.8, 4) is 0 Å². The van der Waals surface area contributed by atoms with Gasteiger partial charge in [0.2, 0.25) is 0 Å². The first kappa shape index (κ1) is 7.98. The zero-order chi connectivity index (χ0) is 7.45. The van der Waals surface area contributed by atoms with Gasteiger partial charge in [0, 0.05) is 33.2 Å². The van der Waals surface area contributed by atoms with Crippen LogP contribution in [-0.2, 0) is 9.47 Å². The van der Waals surface area contributed by atoms with Crippen LogP contribution in [0.5, 0.6) is 0 Å². The Morgan fingerprint density at radius 2 is 2.50 bits per heavy atom. The zero-order valence-corrected chi connectivity index (χ0v) is 6.30. The monoisotopic (exact) mass is 146 g/mol. The van der Waals surface area contributed by atoms with Crippen molar-refractivity contribution in [2.24, 2.45) is 0 Å². The van der Waals surface area contributed by atoms with Crippen LogP contribution >= 0.6 is 0 Å². The smallest absolute Gasteiger partial charge is 0.0954 e. The molecule has 60 valence electrons.